The van der Waals surface area contributed by atoms with Crippen LogP contribution in [0, 0.1) is 0 Å². The van der Waals surface area contributed by atoms with E-state index in [4.69, 9.17) is 0 Å². The highest BCUT2D eigenvalue weighted by atomic mass is 32.1. The lowest BCUT2D eigenvalue weighted by Gasteiger charge is -2.11. The van der Waals surface area contributed by atoms with Gasteiger partial charge in [0, 0.05) is 25.2 Å². The van der Waals surface area contributed by atoms with Gasteiger partial charge in [0.2, 0.25) is 0 Å². The predicted molar refractivity (Wildman–Crippen MR) is 83.5 cm³/mol. The summed E-state index contributed by atoms with van der Waals surface area (Å²) in [6.07, 6.45) is 4.36. The van der Waals surface area contributed by atoms with E-state index in [2.05, 4.69) is 71.4 Å². The summed E-state index contributed by atoms with van der Waals surface area (Å²) in [5, 5.41) is 2.15. The van der Waals surface area contributed by atoms with E-state index in [0.29, 0.717) is 0 Å². The highest BCUT2D eigenvalue weighted by Crippen LogP contribution is 2.24. The third-order valence-electron chi connectivity index (χ3n) is 3.42. The van der Waals surface area contributed by atoms with Gasteiger partial charge in [0.15, 0.2) is 0 Å². The number of pyridine rings is 1. The molecule has 3 heteroatoms. The maximum atomic E-state index is 2.31. The Bertz CT molecular complexity index is 665. The van der Waals surface area contributed by atoms with Crippen molar-refractivity contribution in [2.75, 3.05) is 19.0 Å². The number of thiophene rings is 1. The van der Waals surface area contributed by atoms with Crippen LogP contribution >= 0.6 is 11.3 Å². The minimum Gasteiger partial charge on any atom is -0.364 e. The fourth-order valence-corrected chi connectivity index (χ4v) is 3.17. The molecule has 0 fully saturated rings. The van der Waals surface area contributed by atoms with Gasteiger partial charge in [-0.25, -0.2) is 0 Å². The van der Waals surface area contributed by atoms with Gasteiger partial charge in [-0.15, -0.1) is 11.3 Å². The van der Waals surface area contributed by atoms with E-state index >= 15 is 0 Å². The summed E-state index contributed by atoms with van der Waals surface area (Å²) in [5.74, 6) is 1.25. The molecular formula is C16H18N2S. The monoisotopic (exact) mass is 270 g/mol. The van der Waals surface area contributed by atoms with E-state index in [0.717, 1.165) is 12.8 Å². The third kappa shape index (κ3) is 2.38. The number of anilines is 1. The number of hydrogen-bond donors (Lipinski definition) is 0. The lowest BCUT2D eigenvalue weighted by Crippen LogP contribution is -2.10. The van der Waals surface area contributed by atoms with Gasteiger partial charge in [-0.3, -0.25) is 0 Å². The molecule has 0 aliphatic heterocycles. The molecule has 0 spiro atoms. The summed E-state index contributed by atoms with van der Waals surface area (Å²) < 4.78 is 2.27. The van der Waals surface area contributed by atoms with Gasteiger partial charge in [0.05, 0.1) is 5.52 Å². The van der Waals surface area contributed by atoms with Crippen molar-refractivity contribution in [3.63, 3.8) is 0 Å². The van der Waals surface area contributed by atoms with Gasteiger partial charge >= 0.3 is 0 Å². The molecule has 0 saturated carbocycles. The number of aryl methyl sites for hydroxylation is 2. The molecule has 0 bridgehead atoms. The molecule has 0 saturated heterocycles. The average Bonchev–Trinajstić information content (AvgIpc) is 3.04. The van der Waals surface area contributed by atoms with E-state index in [9.17, 15) is 0 Å². The summed E-state index contributed by atoms with van der Waals surface area (Å²) >= 11 is 1.84. The van der Waals surface area contributed by atoms with E-state index < -0.39 is 0 Å². The fourth-order valence-electron chi connectivity index (χ4n) is 2.46. The van der Waals surface area contributed by atoms with Crippen LogP contribution in [-0.4, -0.2) is 18.5 Å². The van der Waals surface area contributed by atoms with Crippen LogP contribution in [0.4, 0.5) is 5.82 Å². The summed E-state index contributed by atoms with van der Waals surface area (Å²) in [4.78, 5) is 3.63. The molecule has 3 heterocycles. The largest absolute Gasteiger partial charge is 0.364 e. The number of nitrogens with zero attached hydrogens (tertiary/aromatic N) is 2. The van der Waals surface area contributed by atoms with Gasteiger partial charge < -0.3 is 9.30 Å². The standard InChI is InChI=1S/C16H18N2S/c1-17(2)16-12-13(8-9-14-6-5-11-19-14)15-7-3-4-10-18(15)16/h3-7,10-12H,8-9H2,1-2H3. The molecule has 3 aromatic rings. The lowest BCUT2D eigenvalue weighted by atomic mass is 10.1. The first-order valence-electron chi connectivity index (χ1n) is 6.54. The second-order valence-corrected chi connectivity index (χ2v) is 5.99. The Kier molecular flexibility index (Phi) is 3.30. The minimum absolute atomic E-state index is 1.10. The molecule has 3 aromatic heterocycles. The minimum atomic E-state index is 1.10. The van der Waals surface area contributed by atoms with Crippen molar-refractivity contribution < 1.29 is 0 Å². The van der Waals surface area contributed by atoms with Crippen molar-refractivity contribution in [1.82, 2.24) is 4.40 Å². The lowest BCUT2D eigenvalue weighted by molar-refractivity contribution is 0.991. The molecule has 0 unspecified atom stereocenters. The predicted octanol–water partition coefficient (Wildman–Crippen LogP) is 3.85. The first-order valence-corrected chi connectivity index (χ1v) is 7.42. The van der Waals surface area contributed by atoms with Crippen LogP contribution in [0.5, 0.6) is 0 Å². The van der Waals surface area contributed by atoms with Crippen LogP contribution in [-0.2, 0) is 12.8 Å². The van der Waals surface area contributed by atoms with Crippen molar-refractivity contribution >= 4 is 22.7 Å². The van der Waals surface area contributed by atoms with Gasteiger partial charge in [0.1, 0.15) is 5.82 Å². The summed E-state index contributed by atoms with van der Waals surface area (Å²) in [6.45, 7) is 0. The maximum absolute atomic E-state index is 2.31. The van der Waals surface area contributed by atoms with Crippen molar-refractivity contribution in [2.45, 2.75) is 12.8 Å². The van der Waals surface area contributed by atoms with Gasteiger partial charge in [0.25, 0.3) is 0 Å². The number of aromatic nitrogens is 1. The van der Waals surface area contributed by atoms with Crippen LogP contribution in [0.15, 0.2) is 48.0 Å². The molecule has 0 aliphatic carbocycles. The molecule has 0 atom stereocenters. The highest BCUT2D eigenvalue weighted by Gasteiger charge is 2.09. The molecular weight excluding hydrogens is 252 g/mol. The van der Waals surface area contributed by atoms with Crippen LogP contribution < -0.4 is 4.90 Å². The van der Waals surface area contributed by atoms with Crippen LogP contribution in [0.1, 0.15) is 10.4 Å². The van der Waals surface area contributed by atoms with Gasteiger partial charge in [-0.1, -0.05) is 12.1 Å². The fraction of sp³-hybridized carbons (Fsp3) is 0.250. The maximum Gasteiger partial charge on any atom is 0.112 e. The zero-order chi connectivity index (χ0) is 13.2. The topological polar surface area (TPSA) is 7.65 Å². The zero-order valence-electron chi connectivity index (χ0n) is 11.3. The summed E-state index contributed by atoms with van der Waals surface area (Å²) in [6, 6.07) is 13.1. The van der Waals surface area contributed by atoms with Crippen molar-refractivity contribution in [3.8, 4) is 0 Å². The SMILES string of the molecule is CN(C)c1cc(CCc2cccs2)c2ccccn12. The number of fused-ring (bicyclic) bond motifs is 1. The zero-order valence-corrected chi connectivity index (χ0v) is 12.2. The average molecular weight is 270 g/mol. The first-order chi connectivity index (χ1) is 9.25. The number of hydrogen-bond acceptors (Lipinski definition) is 2. The smallest absolute Gasteiger partial charge is 0.112 e. The summed E-state index contributed by atoms with van der Waals surface area (Å²) in [5.41, 5.74) is 2.75. The molecule has 0 aliphatic rings. The molecule has 3 rings (SSSR count). The Balaban J connectivity index is 1.94. The molecule has 19 heavy (non-hydrogen) atoms. The van der Waals surface area contributed by atoms with E-state index in [1.807, 2.05) is 11.3 Å². The normalized spacial score (nSPS) is 11.1. The Morgan fingerprint density at radius 2 is 2.00 bits per heavy atom. The third-order valence-corrected chi connectivity index (χ3v) is 4.35. The molecule has 0 aromatic carbocycles. The van der Waals surface area contributed by atoms with Crippen LogP contribution in [0.2, 0.25) is 0 Å². The van der Waals surface area contributed by atoms with Crippen molar-refractivity contribution in [2.24, 2.45) is 0 Å². The molecule has 0 N–H and O–H groups in total. The van der Waals surface area contributed by atoms with Gasteiger partial charge in [-0.05, 0) is 48.1 Å². The molecule has 98 valence electrons. The summed E-state index contributed by atoms with van der Waals surface area (Å²) in [7, 11) is 4.19. The van der Waals surface area contributed by atoms with E-state index in [-0.39, 0.29) is 0 Å². The second kappa shape index (κ2) is 5.10. The highest BCUT2D eigenvalue weighted by molar-refractivity contribution is 7.09. The molecule has 0 radical (unpaired) electrons. The van der Waals surface area contributed by atoms with E-state index in [1.165, 1.54) is 21.8 Å². The van der Waals surface area contributed by atoms with Crippen LogP contribution in [0.25, 0.3) is 5.52 Å². The Hall–Kier alpha value is -1.74. The van der Waals surface area contributed by atoms with Crippen LogP contribution in [0.3, 0.4) is 0 Å². The van der Waals surface area contributed by atoms with Gasteiger partial charge in [-0.2, -0.15) is 0 Å². The Morgan fingerprint density at radius 1 is 1.11 bits per heavy atom. The molecule has 0 amide bonds. The van der Waals surface area contributed by atoms with Crippen molar-refractivity contribution in [3.05, 3.63) is 58.4 Å². The van der Waals surface area contributed by atoms with E-state index in [1.54, 1.807) is 0 Å². The second-order valence-electron chi connectivity index (χ2n) is 4.96. The Labute approximate surface area is 117 Å². The molecule has 2 nitrogen and oxygen atoms in total. The Morgan fingerprint density at radius 3 is 2.74 bits per heavy atom. The van der Waals surface area contributed by atoms with Crippen molar-refractivity contribution in [1.29, 1.82) is 0 Å². The first kappa shape index (κ1) is 12.3. The quantitative estimate of drug-likeness (QED) is 0.699. The number of rotatable bonds is 4.